The van der Waals surface area contributed by atoms with E-state index in [1.165, 1.54) is 12.1 Å². The number of aryl methyl sites for hydroxylation is 2. The lowest BCUT2D eigenvalue weighted by atomic mass is 10.0. The van der Waals surface area contributed by atoms with E-state index in [4.69, 9.17) is 16.6 Å². The van der Waals surface area contributed by atoms with Gasteiger partial charge in [0.2, 0.25) is 35.5 Å². The molecule has 0 fully saturated rings. The maximum Gasteiger partial charge on any atom is 0.326 e. The highest BCUT2D eigenvalue weighted by atomic mass is 16.4. The number of aliphatic carboxylic acids is 7. The molecule has 0 radical (unpaired) electrons. The van der Waals surface area contributed by atoms with E-state index in [9.17, 15) is 93.0 Å². The summed E-state index contributed by atoms with van der Waals surface area (Å²) in [7, 11) is 0. The van der Waals surface area contributed by atoms with Gasteiger partial charge in [0.25, 0.3) is 5.91 Å². The van der Waals surface area contributed by atoms with Gasteiger partial charge in [-0.3, -0.25) is 33.6 Å². The number of carbonyl (C=O) groups is 13. The number of benzene rings is 1. The van der Waals surface area contributed by atoms with Crippen LogP contribution < -0.4 is 43.4 Å². The molecule has 0 saturated heterocycles. The summed E-state index contributed by atoms with van der Waals surface area (Å²) in [6, 6.07) is -3.76. The summed E-state index contributed by atoms with van der Waals surface area (Å²) in [5, 5.41) is 79.5. The molecule has 6 amide bonds. The average molecular weight is 1090 g/mol. The number of carbonyl (C=O) groups excluding carboxylic acids is 6. The second-order valence-corrected chi connectivity index (χ2v) is 17.3. The highest BCUT2D eigenvalue weighted by molar-refractivity contribution is 5.97. The number of hydrogen-bond donors (Lipinski definition) is 16. The number of H-pyrrole nitrogens is 1. The molecule has 18 N–H and O–H groups in total. The molecule has 0 bridgehead atoms. The summed E-state index contributed by atoms with van der Waals surface area (Å²) in [5.41, 5.74) is 14.1. The van der Waals surface area contributed by atoms with Crippen LogP contribution in [0, 0.1) is 0 Å². The first-order valence-electron chi connectivity index (χ1n) is 23.6. The molecular weight excluding hydrogens is 1030 g/mol. The molecule has 0 spiro atoms. The van der Waals surface area contributed by atoms with Crippen molar-refractivity contribution in [1.82, 2.24) is 46.9 Å². The zero-order valence-corrected chi connectivity index (χ0v) is 40.9. The van der Waals surface area contributed by atoms with E-state index in [2.05, 4.69) is 41.5 Å². The van der Waals surface area contributed by atoms with Crippen LogP contribution in [-0.2, 0) is 70.4 Å². The van der Waals surface area contributed by atoms with Gasteiger partial charge < -0.3 is 84.1 Å². The van der Waals surface area contributed by atoms with Gasteiger partial charge in [-0.2, -0.15) is 9.97 Å². The van der Waals surface area contributed by atoms with Crippen molar-refractivity contribution in [3.63, 3.8) is 0 Å². The van der Waals surface area contributed by atoms with Gasteiger partial charge in [0.05, 0.1) is 5.39 Å². The fraction of sp³-hybridized carbons (Fsp3) is 0.457. The average Bonchev–Trinajstić information content (AvgIpc) is 3.76. The highest BCUT2D eigenvalue weighted by Crippen LogP contribution is 2.24. The van der Waals surface area contributed by atoms with E-state index >= 15 is 0 Å². The number of nitrogens with one attached hydrogen (secondary N) is 7. The lowest BCUT2D eigenvalue weighted by molar-refractivity contribution is -0.144. The molecular formula is C46H59N11O20. The Morgan fingerprint density at radius 3 is 1.13 bits per heavy atom. The van der Waals surface area contributed by atoms with Crippen molar-refractivity contribution in [2.24, 2.45) is 0 Å². The summed E-state index contributed by atoms with van der Waals surface area (Å²) in [6.45, 7) is 0. The number of nitrogens with zero attached hydrogens (tertiary/aromatic N) is 2. The zero-order valence-electron chi connectivity index (χ0n) is 40.9. The van der Waals surface area contributed by atoms with E-state index < -0.39 is 191 Å². The normalized spacial score (nSPS) is 13.2. The minimum atomic E-state index is -1.77. The molecule has 1 aromatic carbocycles. The monoisotopic (exact) mass is 1090 g/mol. The first kappa shape index (κ1) is 61.8. The minimum Gasteiger partial charge on any atom is -0.481 e. The predicted octanol–water partition coefficient (Wildman–Crippen LogP) is -1.91. The number of anilines is 2. The SMILES string of the molecule is Nc1nc(N)c2c(CCCc3ccc(C(=O)N[C@@H](CCC(=O)N[C@@H](CCC(=O)N[C@@H](CCC(=O)N[C@@H](CCC(=O)N[C@@H](CCC(=O)N[C@@H](CCC(=O)O)C(=O)O)C(=O)O)C(=O)O)C(=O)O)C(=O)O)C(=O)O)cc3)c[nH]c2n1. The number of amides is 6. The molecule has 2 heterocycles. The Kier molecular flexibility index (Phi) is 24.1. The molecule has 0 aliphatic heterocycles. The molecule has 31 heteroatoms. The number of carboxylic acids is 7. The second kappa shape index (κ2) is 30.0. The number of nitrogen functional groups attached to an aromatic ring is 2. The van der Waals surface area contributed by atoms with Crippen LogP contribution >= 0.6 is 0 Å². The summed E-state index contributed by atoms with van der Waals surface area (Å²) in [4.78, 5) is 168. The molecule has 418 valence electrons. The summed E-state index contributed by atoms with van der Waals surface area (Å²) in [6.07, 6.45) is -3.48. The minimum absolute atomic E-state index is 0.0412. The van der Waals surface area contributed by atoms with Crippen molar-refractivity contribution in [2.75, 3.05) is 11.5 Å². The van der Waals surface area contributed by atoms with Crippen LogP contribution in [0.15, 0.2) is 30.5 Å². The quantitative estimate of drug-likeness (QED) is 0.0306. The second-order valence-electron chi connectivity index (χ2n) is 17.3. The molecule has 6 atom stereocenters. The van der Waals surface area contributed by atoms with Crippen LogP contribution in [-0.4, -0.2) is 164 Å². The van der Waals surface area contributed by atoms with Crippen molar-refractivity contribution >= 4 is 100 Å². The molecule has 0 aliphatic carbocycles. The van der Waals surface area contributed by atoms with Crippen LogP contribution in [0.4, 0.5) is 11.8 Å². The van der Waals surface area contributed by atoms with E-state index in [0.29, 0.717) is 30.3 Å². The first-order valence-corrected chi connectivity index (χ1v) is 23.6. The Balaban J connectivity index is 1.42. The molecule has 31 nitrogen and oxygen atoms in total. The Morgan fingerprint density at radius 1 is 0.455 bits per heavy atom. The number of rotatable bonds is 35. The van der Waals surface area contributed by atoms with Crippen LogP contribution in [0.25, 0.3) is 11.0 Å². The van der Waals surface area contributed by atoms with Crippen LogP contribution in [0.2, 0.25) is 0 Å². The van der Waals surface area contributed by atoms with Crippen LogP contribution in [0.5, 0.6) is 0 Å². The van der Waals surface area contributed by atoms with Gasteiger partial charge in [0.15, 0.2) is 0 Å². The Hall–Kier alpha value is -9.45. The maximum absolute atomic E-state index is 13.0. The maximum atomic E-state index is 13.0. The van der Waals surface area contributed by atoms with Crippen LogP contribution in [0.1, 0.15) is 105 Å². The van der Waals surface area contributed by atoms with Gasteiger partial charge in [0, 0.05) is 50.3 Å². The third-order valence-corrected chi connectivity index (χ3v) is 11.5. The van der Waals surface area contributed by atoms with Crippen molar-refractivity contribution in [1.29, 1.82) is 0 Å². The fourth-order valence-electron chi connectivity index (χ4n) is 7.41. The van der Waals surface area contributed by atoms with Crippen molar-refractivity contribution in [3.8, 4) is 0 Å². The summed E-state index contributed by atoms with van der Waals surface area (Å²) in [5.74, 6) is -16.4. The van der Waals surface area contributed by atoms with Gasteiger partial charge in [-0.05, 0) is 81.0 Å². The van der Waals surface area contributed by atoms with Gasteiger partial charge >= 0.3 is 41.8 Å². The molecule has 77 heavy (non-hydrogen) atoms. The van der Waals surface area contributed by atoms with E-state index in [-0.39, 0.29) is 17.3 Å². The molecule has 0 aliphatic rings. The predicted molar refractivity (Wildman–Crippen MR) is 261 cm³/mol. The lowest BCUT2D eigenvalue weighted by Gasteiger charge is -2.19. The third kappa shape index (κ3) is 21.5. The van der Waals surface area contributed by atoms with Crippen molar-refractivity contribution in [3.05, 3.63) is 47.2 Å². The summed E-state index contributed by atoms with van der Waals surface area (Å²) < 4.78 is 0. The molecule has 3 aromatic rings. The smallest absolute Gasteiger partial charge is 0.326 e. The molecule has 3 rings (SSSR count). The summed E-state index contributed by atoms with van der Waals surface area (Å²) >= 11 is 0. The van der Waals surface area contributed by atoms with Gasteiger partial charge in [0.1, 0.15) is 47.7 Å². The largest absolute Gasteiger partial charge is 0.481 e. The van der Waals surface area contributed by atoms with Crippen molar-refractivity contribution in [2.45, 2.75) is 133 Å². The van der Waals surface area contributed by atoms with Gasteiger partial charge in [-0.25, -0.2) is 28.8 Å². The number of carboxylic acid groups (broad SMARTS) is 7. The van der Waals surface area contributed by atoms with Crippen LogP contribution in [0.3, 0.4) is 0 Å². The highest BCUT2D eigenvalue weighted by Gasteiger charge is 2.29. The Labute approximate surface area is 435 Å². The van der Waals surface area contributed by atoms with E-state index in [0.717, 1.165) is 11.1 Å². The number of hydrogen-bond acceptors (Lipinski definition) is 17. The topological polar surface area (TPSA) is 529 Å². The standard InChI is InChI=1S/C46H59N11O20/c47-37-36-23(20-49-38(36)57-46(48)56-37)3-1-2-21-4-6-22(7-5-21)39(65)55-29(45(76)77)12-18-34(62)53-27(43(72)73)10-16-32(60)51-25(41(68)69)8-14-30(58)50-24(40(66)67)9-15-31(59)52-26(42(70)71)11-17-33(61)54-28(44(74)75)13-19-35(63)64/h4-7,20,24-29H,1-3,8-19H2,(H,50,58)(H,51,60)(H,52,59)(H,53,62)(H,54,61)(H,55,65)(H,63,64)(H,66,67)(H,68,69)(H,70,71)(H,72,73)(H,74,75)(H,76,77)(H5,47,48,49,56,57)/t24-,25-,26-,27-,28-,29-/m0/s1. The lowest BCUT2D eigenvalue weighted by Crippen LogP contribution is -2.46. The first-order chi connectivity index (χ1) is 36.2. The molecule has 2 aromatic heterocycles. The molecule has 0 unspecified atom stereocenters. The van der Waals surface area contributed by atoms with Gasteiger partial charge in [-0.1, -0.05) is 12.1 Å². The molecule has 0 saturated carbocycles. The number of fused-ring (bicyclic) bond motifs is 1. The third-order valence-electron chi connectivity index (χ3n) is 11.5. The number of aromatic amines is 1. The number of aromatic nitrogens is 3. The Bertz CT molecular complexity index is 2690. The van der Waals surface area contributed by atoms with Crippen molar-refractivity contribution < 1.29 is 98.1 Å². The number of nitrogens with two attached hydrogens (primary N) is 2. The van der Waals surface area contributed by atoms with E-state index in [1.54, 1.807) is 18.3 Å². The van der Waals surface area contributed by atoms with Gasteiger partial charge in [-0.15, -0.1) is 0 Å². The Morgan fingerprint density at radius 2 is 0.792 bits per heavy atom. The fourth-order valence-corrected chi connectivity index (χ4v) is 7.41. The zero-order chi connectivity index (χ0) is 57.5. The van der Waals surface area contributed by atoms with E-state index in [1.807, 2.05) is 5.32 Å².